The molecule has 0 N–H and O–H groups in total. The van der Waals surface area contributed by atoms with E-state index < -0.39 is 0 Å². The van der Waals surface area contributed by atoms with E-state index in [1.165, 1.54) is 0 Å². The number of nitrogens with zero attached hydrogens (tertiary/aromatic N) is 3. The summed E-state index contributed by atoms with van der Waals surface area (Å²) in [6.07, 6.45) is 3.61. The van der Waals surface area contributed by atoms with Gasteiger partial charge in [0.05, 0.1) is 16.8 Å². The van der Waals surface area contributed by atoms with Gasteiger partial charge in [0.25, 0.3) is 5.91 Å². The summed E-state index contributed by atoms with van der Waals surface area (Å²) in [6.45, 7) is 4.72. The predicted octanol–water partition coefficient (Wildman–Crippen LogP) is 3.47. The van der Waals surface area contributed by atoms with Crippen LogP contribution in [0.5, 0.6) is 0 Å². The van der Waals surface area contributed by atoms with Crippen LogP contribution in [0.4, 0.5) is 0 Å². The highest BCUT2D eigenvalue weighted by molar-refractivity contribution is 7.99. The Bertz CT molecular complexity index is 671. The first-order valence-electron chi connectivity index (χ1n) is 7.52. The summed E-state index contributed by atoms with van der Waals surface area (Å²) in [5, 5.41) is 4.83. The molecular weight excluding hydrogens is 298 g/mol. The monoisotopic (exact) mass is 317 g/mol. The third-order valence-corrected chi connectivity index (χ3v) is 4.57. The van der Waals surface area contributed by atoms with Crippen molar-refractivity contribution >= 4 is 17.7 Å². The summed E-state index contributed by atoms with van der Waals surface area (Å²) in [5.74, 6) is 1.76. The van der Waals surface area contributed by atoms with Crippen LogP contribution in [-0.4, -0.2) is 33.2 Å². The molecule has 22 heavy (non-hydrogen) atoms. The fourth-order valence-corrected chi connectivity index (χ4v) is 3.42. The molecule has 116 valence electrons. The number of likely N-dealkylation sites (tertiary alicyclic amines) is 1. The number of carbonyl (C=O) groups is 1. The maximum atomic E-state index is 12.8. The first-order chi connectivity index (χ1) is 10.7. The molecule has 1 fully saturated rings. The smallest absolute Gasteiger partial charge is 0.254 e. The Morgan fingerprint density at radius 2 is 2.36 bits per heavy atom. The zero-order chi connectivity index (χ0) is 15.5. The third-order valence-electron chi connectivity index (χ3n) is 3.76. The van der Waals surface area contributed by atoms with Gasteiger partial charge in [-0.3, -0.25) is 4.79 Å². The molecule has 2 aromatic rings. The van der Waals surface area contributed by atoms with Crippen molar-refractivity contribution in [2.75, 3.05) is 12.3 Å². The summed E-state index contributed by atoms with van der Waals surface area (Å²) >= 11 is 1.64. The largest absolute Gasteiger partial charge is 0.359 e. The van der Waals surface area contributed by atoms with Gasteiger partial charge in [0.15, 0.2) is 5.76 Å². The van der Waals surface area contributed by atoms with Crippen LogP contribution in [0.2, 0.25) is 0 Å². The lowest BCUT2D eigenvalue weighted by Gasteiger charge is -2.22. The minimum absolute atomic E-state index is 0.0101. The average Bonchev–Trinajstić information content (AvgIpc) is 3.15. The van der Waals surface area contributed by atoms with Crippen molar-refractivity contribution in [2.45, 2.75) is 37.8 Å². The molecule has 2 aromatic heterocycles. The predicted molar refractivity (Wildman–Crippen MR) is 84.9 cm³/mol. The third kappa shape index (κ3) is 3.02. The Balaban J connectivity index is 1.83. The molecule has 0 bridgehead atoms. The first-order valence-corrected chi connectivity index (χ1v) is 8.50. The molecule has 0 aliphatic carbocycles. The van der Waals surface area contributed by atoms with Crippen LogP contribution in [0.3, 0.4) is 0 Å². The summed E-state index contributed by atoms with van der Waals surface area (Å²) in [5.41, 5.74) is 1.54. The van der Waals surface area contributed by atoms with E-state index in [2.05, 4.69) is 17.1 Å². The van der Waals surface area contributed by atoms with Crippen LogP contribution >= 0.6 is 11.8 Å². The Labute approximate surface area is 134 Å². The van der Waals surface area contributed by atoms with Crippen molar-refractivity contribution in [3.05, 3.63) is 41.4 Å². The second kappa shape index (κ2) is 6.52. The molecule has 1 unspecified atom stereocenters. The van der Waals surface area contributed by atoms with Gasteiger partial charge in [0, 0.05) is 24.4 Å². The van der Waals surface area contributed by atoms with E-state index in [1.54, 1.807) is 24.0 Å². The molecule has 0 radical (unpaired) electrons. The Kier molecular flexibility index (Phi) is 4.47. The van der Waals surface area contributed by atoms with Crippen LogP contribution < -0.4 is 0 Å². The molecule has 0 saturated carbocycles. The number of pyridine rings is 1. The van der Waals surface area contributed by atoms with Gasteiger partial charge in [-0.2, -0.15) is 0 Å². The normalized spacial score (nSPS) is 17.9. The molecule has 1 saturated heterocycles. The molecule has 1 amide bonds. The second-order valence-electron chi connectivity index (χ2n) is 5.34. The van der Waals surface area contributed by atoms with E-state index in [0.717, 1.165) is 41.6 Å². The van der Waals surface area contributed by atoms with E-state index >= 15 is 0 Å². The van der Waals surface area contributed by atoms with Crippen molar-refractivity contribution in [1.82, 2.24) is 15.0 Å². The lowest BCUT2D eigenvalue weighted by Crippen LogP contribution is -2.30. The molecule has 3 rings (SSSR count). The second-order valence-corrected chi connectivity index (χ2v) is 6.63. The first kappa shape index (κ1) is 15.1. The summed E-state index contributed by atoms with van der Waals surface area (Å²) in [6, 6.07) is 5.56. The van der Waals surface area contributed by atoms with E-state index in [4.69, 9.17) is 4.52 Å². The zero-order valence-corrected chi connectivity index (χ0v) is 13.6. The Morgan fingerprint density at radius 1 is 1.50 bits per heavy atom. The fraction of sp³-hybridized carbons (Fsp3) is 0.438. The molecule has 6 heteroatoms. The fourth-order valence-electron chi connectivity index (χ4n) is 2.78. The molecule has 1 aliphatic rings. The number of hydrogen-bond acceptors (Lipinski definition) is 5. The number of thioether (sulfide) groups is 1. The van der Waals surface area contributed by atoms with Crippen molar-refractivity contribution in [3.8, 4) is 0 Å². The summed E-state index contributed by atoms with van der Waals surface area (Å²) < 4.78 is 5.37. The van der Waals surface area contributed by atoms with Gasteiger partial charge < -0.3 is 9.42 Å². The van der Waals surface area contributed by atoms with E-state index in [0.29, 0.717) is 5.56 Å². The maximum absolute atomic E-state index is 12.8. The number of carbonyl (C=O) groups excluding carboxylic acids is 1. The average molecular weight is 317 g/mol. The van der Waals surface area contributed by atoms with Crippen LogP contribution in [0.15, 0.2) is 33.9 Å². The number of aryl methyl sites for hydroxylation is 1. The minimum atomic E-state index is -0.0101. The molecule has 1 atom stereocenters. The van der Waals surface area contributed by atoms with Crippen molar-refractivity contribution in [1.29, 1.82) is 0 Å². The maximum Gasteiger partial charge on any atom is 0.254 e. The van der Waals surface area contributed by atoms with Crippen LogP contribution in [-0.2, 0) is 0 Å². The zero-order valence-electron chi connectivity index (χ0n) is 12.8. The van der Waals surface area contributed by atoms with E-state index in [-0.39, 0.29) is 11.9 Å². The van der Waals surface area contributed by atoms with Gasteiger partial charge in [-0.05, 0) is 37.7 Å². The van der Waals surface area contributed by atoms with Gasteiger partial charge in [-0.1, -0.05) is 12.1 Å². The van der Waals surface area contributed by atoms with E-state index in [9.17, 15) is 4.79 Å². The van der Waals surface area contributed by atoms with Crippen LogP contribution in [0.25, 0.3) is 0 Å². The number of amides is 1. The standard InChI is InChI=1S/C16H19N3O2S/c1-3-22-15-10-12(6-7-17-15)16(20)19-8-4-5-13(19)14-9-11(2)18-21-14/h6-7,9-10,13H,3-5,8H2,1-2H3. The lowest BCUT2D eigenvalue weighted by atomic mass is 10.1. The van der Waals surface area contributed by atoms with Crippen LogP contribution in [0.1, 0.15) is 47.6 Å². The summed E-state index contributed by atoms with van der Waals surface area (Å²) in [7, 11) is 0. The van der Waals surface area contributed by atoms with Gasteiger partial charge in [-0.15, -0.1) is 11.8 Å². The molecule has 0 aromatic carbocycles. The van der Waals surface area contributed by atoms with E-state index in [1.807, 2.05) is 24.0 Å². The van der Waals surface area contributed by atoms with Crippen molar-refractivity contribution in [3.63, 3.8) is 0 Å². The molecule has 0 spiro atoms. The van der Waals surface area contributed by atoms with Gasteiger partial charge in [0.1, 0.15) is 0 Å². The highest BCUT2D eigenvalue weighted by Crippen LogP contribution is 2.33. The lowest BCUT2D eigenvalue weighted by molar-refractivity contribution is 0.0714. The Morgan fingerprint density at radius 3 is 3.09 bits per heavy atom. The molecular formula is C16H19N3O2S. The SMILES string of the molecule is CCSc1cc(C(=O)N2CCCC2c2cc(C)no2)ccn1. The minimum Gasteiger partial charge on any atom is -0.359 e. The van der Waals surface area contributed by atoms with Gasteiger partial charge >= 0.3 is 0 Å². The number of aromatic nitrogens is 2. The highest BCUT2D eigenvalue weighted by Gasteiger charge is 2.33. The molecule has 5 nitrogen and oxygen atoms in total. The topological polar surface area (TPSA) is 59.2 Å². The summed E-state index contributed by atoms with van der Waals surface area (Å²) in [4.78, 5) is 19.0. The Hall–Kier alpha value is -1.82. The van der Waals surface area contributed by atoms with Gasteiger partial charge in [0.2, 0.25) is 0 Å². The number of rotatable bonds is 4. The van der Waals surface area contributed by atoms with Crippen molar-refractivity contribution in [2.24, 2.45) is 0 Å². The van der Waals surface area contributed by atoms with Gasteiger partial charge in [-0.25, -0.2) is 4.98 Å². The highest BCUT2D eigenvalue weighted by atomic mass is 32.2. The molecule has 1 aliphatic heterocycles. The quantitative estimate of drug-likeness (QED) is 0.808. The molecule has 3 heterocycles. The van der Waals surface area contributed by atoms with Crippen molar-refractivity contribution < 1.29 is 9.32 Å². The van der Waals surface area contributed by atoms with Crippen LogP contribution in [0, 0.1) is 6.92 Å². The number of hydrogen-bond donors (Lipinski definition) is 0.